The molecule has 1 N–H and O–H groups in total. The average molecular weight is 337 g/mol. The highest BCUT2D eigenvalue weighted by Crippen LogP contribution is 2.21. The van der Waals surface area contributed by atoms with Crippen molar-refractivity contribution < 1.29 is 13.9 Å². The molecule has 1 aromatic heterocycles. The van der Waals surface area contributed by atoms with Crippen molar-refractivity contribution in [1.82, 2.24) is 15.5 Å². The fourth-order valence-corrected chi connectivity index (χ4v) is 2.37. The summed E-state index contributed by atoms with van der Waals surface area (Å²) >= 11 is 0. The lowest BCUT2D eigenvalue weighted by Gasteiger charge is -2.16. The smallest absolute Gasteiger partial charge is 0.243 e. The summed E-state index contributed by atoms with van der Waals surface area (Å²) in [5, 5.41) is 10.8. The Labute approximate surface area is 145 Å². The van der Waals surface area contributed by atoms with E-state index in [0.717, 1.165) is 11.3 Å². The van der Waals surface area contributed by atoms with Crippen molar-refractivity contribution in [3.8, 4) is 5.75 Å². The van der Waals surface area contributed by atoms with E-state index < -0.39 is 6.04 Å². The zero-order valence-corrected chi connectivity index (χ0v) is 13.9. The summed E-state index contributed by atoms with van der Waals surface area (Å²) in [5.74, 6) is 1.40. The van der Waals surface area contributed by atoms with Crippen LogP contribution in [0.25, 0.3) is 0 Å². The van der Waals surface area contributed by atoms with Gasteiger partial charge in [-0.2, -0.15) is 0 Å². The number of aryl methyl sites for hydroxylation is 1. The summed E-state index contributed by atoms with van der Waals surface area (Å²) in [6, 6.07) is 18.4. The average Bonchev–Trinajstić information content (AvgIpc) is 3.07. The van der Waals surface area contributed by atoms with Crippen LogP contribution < -0.4 is 10.1 Å². The standard InChI is InChI=1S/C19H19N3O3/c1-14-21-22-19(25-14)18(15-8-4-2-5-9-15)20-17(23)12-13-24-16-10-6-3-7-11-16/h2-11,18H,12-13H2,1H3,(H,20,23). The van der Waals surface area contributed by atoms with Gasteiger partial charge < -0.3 is 14.5 Å². The van der Waals surface area contributed by atoms with Crippen LogP contribution in [0.1, 0.15) is 29.8 Å². The molecular weight excluding hydrogens is 318 g/mol. The number of aromatic nitrogens is 2. The first kappa shape index (κ1) is 16.7. The van der Waals surface area contributed by atoms with Gasteiger partial charge in [-0.15, -0.1) is 10.2 Å². The third-order valence-electron chi connectivity index (χ3n) is 3.57. The van der Waals surface area contributed by atoms with E-state index in [9.17, 15) is 4.79 Å². The number of para-hydroxylation sites is 1. The quantitative estimate of drug-likeness (QED) is 0.717. The van der Waals surface area contributed by atoms with Crippen molar-refractivity contribution in [1.29, 1.82) is 0 Å². The molecule has 0 fully saturated rings. The van der Waals surface area contributed by atoms with Gasteiger partial charge in [0.25, 0.3) is 0 Å². The molecule has 0 aliphatic rings. The number of nitrogens with one attached hydrogen (secondary N) is 1. The minimum absolute atomic E-state index is 0.152. The Morgan fingerprint density at radius 3 is 2.40 bits per heavy atom. The van der Waals surface area contributed by atoms with E-state index in [1.807, 2.05) is 60.7 Å². The molecule has 2 aromatic carbocycles. The van der Waals surface area contributed by atoms with Crippen LogP contribution in [0.15, 0.2) is 65.1 Å². The molecule has 3 aromatic rings. The second-order valence-corrected chi connectivity index (χ2v) is 5.48. The SMILES string of the molecule is Cc1nnc(C(NC(=O)CCOc2ccccc2)c2ccccc2)o1. The molecule has 0 saturated carbocycles. The Bertz CT molecular complexity index is 803. The van der Waals surface area contributed by atoms with Crippen molar-refractivity contribution >= 4 is 5.91 Å². The molecule has 0 aliphatic carbocycles. The largest absolute Gasteiger partial charge is 0.493 e. The Hall–Kier alpha value is -3.15. The first-order chi connectivity index (χ1) is 12.2. The van der Waals surface area contributed by atoms with Crippen LogP contribution in [-0.2, 0) is 4.79 Å². The van der Waals surface area contributed by atoms with Gasteiger partial charge in [0.1, 0.15) is 11.8 Å². The highest BCUT2D eigenvalue weighted by molar-refractivity contribution is 5.76. The number of hydrogen-bond donors (Lipinski definition) is 1. The molecule has 25 heavy (non-hydrogen) atoms. The predicted molar refractivity (Wildman–Crippen MR) is 92.0 cm³/mol. The number of rotatable bonds is 7. The number of carbonyl (C=O) groups excluding carboxylic acids is 1. The van der Waals surface area contributed by atoms with Gasteiger partial charge in [-0.1, -0.05) is 48.5 Å². The molecule has 0 saturated heterocycles. The first-order valence-corrected chi connectivity index (χ1v) is 8.04. The van der Waals surface area contributed by atoms with Gasteiger partial charge in [-0.05, 0) is 17.7 Å². The number of nitrogens with zero attached hydrogens (tertiary/aromatic N) is 2. The zero-order valence-electron chi connectivity index (χ0n) is 13.9. The summed E-state index contributed by atoms with van der Waals surface area (Å²) in [7, 11) is 0. The van der Waals surface area contributed by atoms with Crippen LogP contribution in [-0.4, -0.2) is 22.7 Å². The Morgan fingerprint density at radius 2 is 1.76 bits per heavy atom. The predicted octanol–water partition coefficient (Wildman–Crippen LogP) is 3.05. The summed E-state index contributed by atoms with van der Waals surface area (Å²) in [4.78, 5) is 12.3. The number of benzene rings is 2. The van der Waals surface area contributed by atoms with Gasteiger partial charge in [-0.3, -0.25) is 4.79 Å². The maximum Gasteiger partial charge on any atom is 0.243 e. The third-order valence-corrected chi connectivity index (χ3v) is 3.57. The second-order valence-electron chi connectivity index (χ2n) is 5.48. The molecule has 6 heteroatoms. The molecular formula is C19H19N3O3. The molecule has 0 spiro atoms. The molecule has 6 nitrogen and oxygen atoms in total. The zero-order chi connectivity index (χ0) is 17.5. The van der Waals surface area contributed by atoms with Crippen molar-refractivity contribution in [2.75, 3.05) is 6.61 Å². The second kappa shape index (κ2) is 8.10. The molecule has 3 rings (SSSR count). The van der Waals surface area contributed by atoms with Crippen molar-refractivity contribution in [2.24, 2.45) is 0 Å². The minimum Gasteiger partial charge on any atom is -0.493 e. The van der Waals surface area contributed by atoms with Crippen LogP contribution in [0.2, 0.25) is 0 Å². The van der Waals surface area contributed by atoms with Crippen molar-refractivity contribution in [2.45, 2.75) is 19.4 Å². The van der Waals surface area contributed by atoms with E-state index in [-0.39, 0.29) is 12.3 Å². The molecule has 128 valence electrons. The molecule has 1 amide bonds. The van der Waals surface area contributed by atoms with Gasteiger partial charge >= 0.3 is 0 Å². The molecule has 1 unspecified atom stereocenters. The fraction of sp³-hybridized carbons (Fsp3) is 0.211. The monoisotopic (exact) mass is 337 g/mol. The summed E-state index contributed by atoms with van der Waals surface area (Å²) in [6.07, 6.45) is 0.228. The lowest BCUT2D eigenvalue weighted by Crippen LogP contribution is -2.30. The van der Waals surface area contributed by atoms with Crippen molar-refractivity contribution in [3.63, 3.8) is 0 Å². The van der Waals surface area contributed by atoms with E-state index in [1.165, 1.54) is 0 Å². The van der Waals surface area contributed by atoms with E-state index in [2.05, 4.69) is 15.5 Å². The highest BCUT2D eigenvalue weighted by Gasteiger charge is 2.22. The number of ether oxygens (including phenoxy) is 1. The molecule has 0 bridgehead atoms. The lowest BCUT2D eigenvalue weighted by atomic mass is 10.1. The topological polar surface area (TPSA) is 77.2 Å². The lowest BCUT2D eigenvalue weighted by molar-refractivity contribution is -0.122. The van der Waals surface area contributed by atoms with Crippen LogP contribution in [0.4, 0.5) is 0 Å². The van der Waals surface area contributed by atoms with Gasteiger partial charge in [0.15, 0.2) is 0 Å². The van der Waals surface area contributed by atoms with Crippen molar-refractivity contribution in [3.05, 3.63) is 78.0 Å². The Morgan fingerprint density at radius 1 is 1.08 bits per heavy atom. The maximum atomic E-state index is 12.3. The molecule has 1 heterocycles. The summed E-state index contributed by atoms with van der Waals surface area (Å²) < 4.78 is 11.1. The third kappa shape index (κ3) is 4.67. The van der Waals surface area contributed by atoms with Gasteiger partial charge in [0, 0.05) is 6.92 Å². The van der Waals surface area contributed by atoms with Gasteiger partial charge in [0.05, 0.1) is 13.0 Å². The Balaban J connectivity index is 1.63. The van der Waals surface area contributed by atoms with Crippen LogP contribution in [0.3, 0.4) is 0 Å². The van der Waals surface area contributed by atoms with Crippen LogP contribution in [0.5, 0.6) is 5.75 Å². The van der Waals surface area contributed by atoms with E-state index in [0.29, 0.717) is 18.4 Å². The molecule has 1 atom stereocenters. The molecule has 0 radical (unpaired) electrons. The van der Waals surface area contributed by atoms with Crippen LogP contribution >= 0.6 is 0 Å². The summed E-state index contributed by atoms with van der Waals surface area (Å²) in [6.45, 7) is 2.01. The fourth-order valence-electron chi connectivity index (χ4n) is 2.37. The first-order valence-electron chi connectivity index (χ1n) is 8.04. The maximum absolute atomic E-state index is 12.3. The number of amides is 1. The van der Waals surface area contributed by atoms with Gasteiger partial charge in [0.2, 0.25) is 17.7 Å². The van der Waals surface area contributed by atoms with E-state index in [4.69, 9.17) is 9.15 Å². The Kier molecular flexibility index (Phi) is 5.41. The summed E-state index contributed by atoms with van der Waals surface area (Å²) in [5.41, 5.74) is 0.878. The minimum atomic E-state index is -0.480. The molecule has 0 aliphatic heterocycles. The highest BCUT2D eigenvalue weighted by atomic mass is 16.5. The van der Waals surface area contributed by atoms with E-state index >= 15 is 0 Å². The number of carbonyl (C=O) groups is 1. The number of hydrogen-bond acceptors (Lipinski definition) is 5. The normalized spacial score (nSPS) is 11.7. The van der Waals surface area contributed by atoms with E-state index in [1.54, 1.807) is 6.92 Å². The van der Waals surface area contributed by atoms with Gasteiger partial charge in [-0.25, -0.2) is 0 Å². The van der Waals surface area contributed by atoms with Crippen LogP contribution in [0, 0.1) is 6.92 Å².